The highest BCUT2D eigenvalue weighted by Gasteiger charge is 1.97. The topological polar surface area (TPSA) is 37.3 Å². The minimum atomic E-state index is -0.705. The van der Waals surface area contributed by atoms with Crippen LogP contribution in [0.5, 0.6) is 0 Å². The predicted octanol–water partition coefficient (Wildman–Crippen LogP) is 6.69. The number of carboxylic acids is 1. The van der Waals surface area contributed by atoms with Crippen LogP contribution in [0.25, 0.3) is 0 Å². The molecule has 0 aromatic heterocycles. The van der Waals surface area contributed by atoms with Gasteiger partial charge < -0.3 is 5.11 Å². The number of aliphatic carboxylic acids is 1. The number of unbranched alkanes of at least 4 members (excludes halogenated alkanes) is 4. The van der Waals surface area contributed by atoms with Gasteiger partial charge in [0.2, 0.25) is 0 Å². The first-order chi connectivity index (χ1) is 11.2. The van der Waals surface area contributed by atoms with Gasteiger partial charge in [0.05, 0.1) is 0 Å². The second-order valence-corrected chi connectivity index (χ2v) is 6.35. The second kappa shape index (κ2) is 17.1. The van der Waals surface area contributed by atoms with E-state index in [0.717, 1.165) is 31.6 Å². The molecule has 0 amide bonds. The highest BCUT2D eigenvalue weighted by Crippen LogP contribution is 2.12. The van der Waals surface area contributed by atoms with Crippen molar-refractivity contribution in [3.8, 4) is 0 Å². The lowest BCUT2D eigenvalue weighted by Crippen LogP contribution is -1.92. The van der Waals surface area contributed by atoms with Gasteiger partial charge in [0, 0.05) is 6.42 Å². The fourth-order valence-electron chi connectivity index (χ4n) is 2.34. The Morgan fingerprint density at radius 3 is 2.30 bits per heavy atom. The van der Waals surface area contributed by atoms with Crippen LogP contribution < -0.4 is 0 Å². The lowest BCUT2D eigenvalue weighted by atomic mass is 10.0. The number of allylic oxidation sites excluding steroid dienone is 6. The van der Waals surface area contributed by atoms with E-state index in [0.29, 0.717) is 0 Å². The Bertz CT molecular complexity index is 353. The van der Waals surface area contributed by atoms with E-state index >= 15 is 0 Å². The first-order valence-electron chi connectivity index (χ1n) is 9.33. The molecule has 0 aliphatic rings. The van der Waals surface area contributed by atoms with Gasteiger partial charge in [0.15, 0.2) is 0 Å². The Kier molecular flexibility index (Phi) is 16.1. The molecule has 0 aromatic carbocycles. The Morgan fingerprint density at radius 2 is 1.57 bits per heavy atom. The lowest BCUT2D eigenvalue weighted by Gasteiger charge is -2.05. The number of hydrogen-bond acceptors (Lipinski definition) is 1. The normalized spacial score (nSPS) is 13.5. The maximum atomic E-state index is 10.4. The Labute approximate surface area is 143 Å². The molecule has 0 aromatic rings. The van der Waals surface area contributed by atoms with Gasteiger partial charge in [-0.15, -0.1) is 0 Å². The highest BCUT2D eigenvalue weighted by molar-refractivity contribution is 5.66. The standard InChI is InChI=1S/C21H36O2/c1-3-4-5-6-8-11-14-17-20(2)18-15-12-9-7-10-13-16-19-21(22)23/h7-8,10-12,15,20H,3-6,9,13-14,16-19H2,1-2H3,(H,22,23)/b10-7-,11-8-,15-12-. The van der Waals surface area contributed by atoms with Gasteiger partial charge in [-0.25, -0.2) is 0 Å². The van der Waals surface area contributed by atoms with Gasteiger partial charge in [-0.3, -0.25) is 4.79 Å². The largest absolute Gasteiger partial charge is 0.481 e. The number of hydrogen-bond donors (Lipinski definition) is 1. The Balaban J connectivity index is 3.48. The maximum Gasteiger partial charge on any atom is 0.303 e. The summed E-state index contributed by atoms with van der Waals surface area (Å²) in [5.74, 6) is 0.0363. The number of rotatable bonds is 15. The zero-order valence-corrected chi connectivity index (χ0v) is 15.2. The molecule has 0 rings (SSSR count). The summed E-state index contributed by atoms with van der Waals surface area (Å²) < 4.78 is 0. The molecule has 2 heteroatoms. The lowest BCUT2D eigenvalue weighted by molar-refractivity contribution is -0.137. The molecule has 23 heavy (non-hydrogen) atoms. The fourth-order valence-corrected chi connectivity index (χ4v) is 2.34. The van der Waals surface area contributed by atoms with Crippen LogP contribution in [0.3, 0.4) is 0 Å². The average molecular weight is 321 g/mol. The molecule has 132 valence electrons. The number of carboxylic acid groups (broad SMARTS) is 1. The van der Waals surface area contributed by atoms with Gasteiger partial charge in [0.1, 0.15) is 0 Å². The van der Waals surface area contributed by atoms with Crippen molar-refractivity contribution in [2.24, 2.45) is 5.92 Å². The molecule has 0 fully saturated rings. The van der Waals surface area contributed by atoms with E-state index in [2.05, 4.69) is 50.3 Å². The van der Waals surface area contributed by atoms with Gasteiger partial charge in [-0.1, -0.05) is 63.1 Å². The third kappa shape index (κ3) is 18.6. The summed E-state index contributed by atoms with van der Waals surface area (Å²) in [7, 11) is 0. The third-order valence-electron chi connectivity index (χ3n) is 3.87. The van der Waals surface area contributed by atoms with E-state index in [-0.39, 0.29) is 6.42 Å². The molecule has 2 nitrogen and oxygen atoms in total. The van der Waals surface area contributed by atoms with Gasteiger partial charge >= 0.3 is 5.97 Å². The van der Waals surface area contributed by atoms with E-state index in [1.54, 1.807) is 0 Å². The third-order valence-corrected chi connectivity index (χ3v) is 3.87. The molecule has 0 aliphatic carbocycles. The van der Waals surface area contributed by atoms with Crippen LogP contribution in [0.15, 0.2) is 36.5 Å². The maximum absolute atomic E-state index is 10.4. The molecule has 0 saturated heterocycles. The quantitative estimate of drug-likeness (QED) is 0.270. The summed E-state index contributed by atoms with van der Waals surface area (Å²) in [4.78, 5) is 10.4. The molecule has 1 N–H and O–H groups in total. The molecule has 1 unspecified atom stereocenters. The number of carbonyl (C=O) groups is 1. The smallest absolute Gasteiger partial charge is 0.303 e. The predicted molar refractivity (Wildman–Crippen MR) is 101 cm³/mol. The Hall–Kier alpha value is -1.31. The molecular formula is C21H36O2. The highest BCUT2D eigenvalue weighted by atomic mass is 16.4. The molecule has 0 bridgehead atoms. The van der Waals surface area contributed by atoms with Crippen molar-refractivity contribution in [1.82, 2.24) is 0 Å². The zero-order valence-electron chi connectivity index (χ0n) is 15.2. The monoisotopic (exact) mass is 320 g/mol. The van der Waals surface area contributed by atoms with Crippen molar-refractivity contribution >= 4 is 5.97 Å². The van der Waals surface area contributed by atoms with Crippen LogP contribution in [0.2, 0.25) is 0 Å². The van der Waals surface area contributed by atoms with Crippen molar-refractivity contribution in [1.29, 1.82) is 0 Å². The molecule has 0 spiro atoms. The fraction of sp³-hybridized carbons (Fsp3) is 0.667. The SMILES string of the molecule is CCCCC/C=C\CCC(C)C/C=C\C/C=C\CCCC(=O)O. The van der Waals surface area contributed by atoms with Crippen LogP contribution in [-0.4, -0.2) is 11.1 Å². The van der Waals surface area contributed by atoms with Gasteiger partial charge in [-0.2, -0.15) is 0 Å². The molecule has 0 aliphatic heterocycles. The minimum absolute atomic E-state index is 0.269. The minimum Gasteiger partial charge on any atom is -0.481 e. The first-order valence-corrected chi connectivity index (χ1v) is 9.33. The molecule has 1 atom stereocenters. The summed E-state index contributed by atoms with van der Waals surface area (Å²) in [6.45, 7) is 4.56. The van der Waals surface area contributed by atoms with Gasteiger partial charge in [0.25, 0.3) is 0 Å². The molecule has 0 saturated carbocycles. The van der Waals surface area contributed by atoms with Crippen LogP contribution in [0.1, 0.15) is 84.5 Å². The van der Waals surface area contributed by atoms with Crippen LogP contribution in [-0.2, 0) is 4.79 Å². The summed E-state index contributed by atoms with van der Waals surface area (Å²) in [6.07, 6.45) is 25.0. The summed E-state index contributed by atoms with van der Waals surface area (Å²) in [6, 6.07) is 0. The van der Waals surface area contributed by atoms with E-state index < -0.39 is 5.97 Å². The molecule has 0 heterocycles. The molecular weight excluding hydrogens is 284 g/mol. The zero-order chi connectivity index (χ0) is 17.2. The summed E-state index contributed by atoms with van der Waals surface area (Å²) in [5, 5.41) is 8.52. The average Bonchev–Trinajstić information content (AvgIpc) is 2.52. The summed E-state index contributed by atoms with van der Waals surface area (Å²) >= 11 is 0. The van der Waals surface area contributed by atoms with Crippen LogP contribution in [0, 0.1) is 5.92 Å². The second-order valence-electron chi connectivity index (χ2n) is 6.35. The van der Waals surface area contributed by atoms with Crippen molar-refractivity contribution in [2.75, 3.05) is 0 Å². The van der Waals surface area contributed by atoms with Gasteiger partial charge in [-0.05, 0) is 57.3 Å². The van der Waals surface area contributed by atoms with E-state index in [9.17, 15) is 4.79 Å². The van der Waals surface area contributed by atoms with Crippen molar-refractivity contribution in [2.45, 2.75) is 84.5 Å². The van der Waals surface area contributed by atoms with Crippen LogP contribution in [0.4, 0.5) is 0 Å². The van der Waals surface area contributed by atoms with Crippen LogP contribution >= 0.6 is 0 Å². The van der Waals surface area contributed by atoms with E-state index in [1.165, 1.54) is 38.5 Å². The van der Waals surface area contributed by atoms with E-state index in [4.69, 9.17) is 5.11 Å². The van der Waals surface area contributed by atoms with Crippen molar-refractivity contribution in [3.05, 3.63) is 36.5 Å². The Morgan fingerprint density at radius 1 is 0.913 bits per heavy atom. The molecule has 0 radical (unpaired) electrons. The van der Waals surface area contributed by atoms with E-state index in [1.807, 2.05) is 0 Å². The van der Waals surface area contributed by atoms with Crippen molar-refractivity contribution in [3.63, 3.8) is 0 Å². The summed E-state index contributed by atoms with van der Waals surface area (Å²) in [5.41, 5.74) is 0. The first kappa shape index (κ1) is 21.7. The van der Waals surface area contributed by atoms with Crippen molar-refractivity contribution < 1.29 is 9.90 Å².